The van der Waals surface area contributed by atoms with Crippen LogP contribution in [0.2, 0.25) is 0 Å². The zero-order chi connectivity index (χ0) is 18.8. The second-order valence-electron chi connectivity index (χ2n) is 7.03. The van der Waals surface area contributed by atoms with E-state index in [9.17, 15) is 9.59 Å². The van der Waals surface area contributed by atoms with Crippen LogP contribution < -0.4 is 15.5 Å². The van der Waals surface area contributed by atoms with Gasteiger partial charge in [0.05, 0.1) is 5.92 Å². The third kappa shape index (κ3) is 4.35. The van der Waals surface area contributed by atoms with E-state index < -0.39 is 0 Å². The molecule has 0 spiro atoms. The molecule has 1 atom stereocenters. The van der Waals surface area contributed by atoms with E-state index in [1.807, 2.05) is 30.5 Å². The van der Waals surface area contributed by atoms with Crippen LogP contribution in [-0.2, 0) is 29.2 Å². The van der Waals surface area contributed by atoms with Gasteiger partial charge >= 0.3 is 0 Å². The lowest BCUT2D eigenvalue weighted by Crippen LogP contribution is -2.32. The van der Waals surface area contributed by atoms with E-state index >= 15 is 0 Å². The Morgan fingerprint density at radius 2 is 1.93 bits per heavy atom. The van der Waals surface area contributed by atoms with Crippen LogP contribution in [0.4, 0.5) is 5.69 Å². The number of rotatable bonds is 5. The maximum atomic E-state index is 12.6. The minimum absolute atomic E-state index is 0. The highest BCUT2D eigenvalue weighted by Crippen LogP contribution is 2.27. The van der Waals surface area contributed by atoms with E-state index in [2.05, 4.69) is 28.8 Å². The molecule has 2 aliphatic heterocycles. The number of nitrogens with zero attached hydrogens (tertiary/aromatic N) is 1. The maximum Gasteiger partial charge on any atom is 0.227 e. The van der Waals surface area contributed by atoms with Crippen molar-refractivity contribution in [2.75, 3.05) is 17.7 Å². The van der Waals surface area contributed by atoms with Crippen molar-refractivity contribution in [3.8, 4) is 0 Å². The van der Waals surface area contributed by atoms with Crippen LogP contribution in [-0.4, -0.2) is 24.6 Å². The van der Waals surface area contributed by atoms with Crippen molar-refractivity contribution in [2.45, 2.75) is 31.0 Å². The SMILES string of the molecule is CSc1ccc(N2CC(C(=O)NCc3ccc4c(c3)CNC4)CC2=O)cc1.Cl. The molecule has 2 amide bonds. The molecule has 7 heteroatoms. The second kappa shape index (κ2) is 8.99. The number of thioether (sulfide) groups is 1. The van der Waals surface area contributed by atoms with Gasteiger partial charge in [-0.1, -0.05) is 18.2 Å². The summed E-state index contributed by atoms with van der Waals surface area (Å²) in [5.41, 5.74) is 4.59. The fraction of sp³-hybridized carbons (Fsp3) is 0.333. The topological polar surface area (TPSA) is 61.4 Å². The fourth-order valence-electron chi connectivity index (χ4n) is 3.69. The molecule has 0 radical (unpaired) electrons. The van der Waals surface area contributed by atoms with Crippen molar-refractivity contribution in [1.29, 1.82) is 0 Å². The summed E-state index contributed by atoms with van der Waals surface area (Å²) in [5.74, 6) is -0.338. The summed E-state index contributed by atoms with van der Waals surface area (Å²) in [5, 5.41) is 6.33. The zero-order valence-corrected chi connectivity index (χ0v) is 17.4. The summed E-state index contributed by atoms with van der Waals surface area (Å²) in [6.07, 6.45) is 2.29. The largest absolute Gasteiger partial charge is 0.352 e. The van der Waals surface area contributed by atoms with E-state index in [0.29, 0.717) is 13.1 Å². The summed E-state index contributed by atoms with van der Waals surface area (Å²) in [7, 11) is 0. The first-order chi connectivity index (χ1) is 13.1. The summed E-state index contributed by atoms with van der Waals surface area (Å²) in [4.78, 5) is 27.8. The minimum atomic E-state index is -0.297. The Morgan fingerprint density at radius 3 is 2.68 bits per heavy atom. The van der Waals surface area contributed by atoms with Gasteiger partial charge in [0, 0.05) is 43.2 Å². The number of carbonyl (C=O) groups is 2. The van der Waals surface area contributed by atoms with Gasteiger partial charge in [-0.05, 0) is 47.2 Å². The van der Waals surface area contributed by atoms with Gasteiger partial charge in [-0.15, -0.1) is 24.2 Å². The molecule has 0 aromatic heterocycles. The van der Waals surface area contributed by atoms with Gasteiger partial charge in [-0.25, -0.2) is 0 Å². The molecule has 4 rings (SSSR count). The standard InChI is InChI=1S/C21H23N3O2S.ClH/c1-27-19-6-4-18(5-7-19)24-13-17(9-20(24)25)21(26)23-10-14-2-3-15-11-22-12-16(15)8-14;/h2-8,17,22H,9-13H2,1H3,(H,23,26);1H. The predicted octanol–water partition coefficient (Wildman–Crippen LogP) is 3.10. The van der Waals surface area contributed by atoms with Crippen LogP contribution in [0, 0.1) is 5.92 Å². The van der Waals surface area contributed by atoms with Gasteiger partial charge in [0.1, 0.15) is 0 Å². The van der Waals surface area contributed by atoms with Gasteiger partial charge in [0.25, 0.3) is 0 Å². The number of fused-ring (bicyclic) bond motifs is 1. The lowest BCUT2D eigenvalue weighted by Gasteiger charge is -2.17. The molecule has 148 valence electrons. The summed E-state index contributed by atoms with van der Waals surface area (Å²) in [6.45, 7) is 2.75. The highest BCUT2D eigenvalue weighted by molar-refractivity contribution is 7.98. The normalized spacial score (nSPS) is 18.0. The number of amides is 2. The van der Waals surface area contributed by atoms with Crippen LogP contribution in [0.1, 0.15) is 23.1 Å². The lowest BCUT2D eigenvalue weighted by atomic mass is 10.1. The third-order valence-electron chi connectivity index (χ3n) is 5.25. The Labute approximate surface area is 175 Å². The van der Waals surface area contributed by atoms with Crippen molar-refractivity contribution >= 4 is 41.7 Å². The van der Waals surface area contributed by atoms with Crippen molar-refractivity contribution < 1.29 is 9.59 Å². The molecular formula is C21H24ClN3O2S. The number of halogens is 1. The Hall–Kier alpha value is -2.02. The first-order valence-corrected chi connectivity index (χ1v) is 10.4. The van der Waals surface area contributed by atoms with E-state index in [1.165, 1.54) is 11.1 Å². The van der Waals surface area contributed by atoms with Crippen LogP contribution in [0.15, 0.2) is 47.4 Å². The zero-order valence-electron chi connectivity index (χ0n) is 15.7. The molecule has 2 N–H and O–H groups in total. The number of nitrogens with one attached hydrogen (secondary N) is 2. The van der Waals surface area contributed by atoms with Gasteiger partial charge in [-0.3, -0.25) is 9.59 Å². The van der Waals surface area contributed by atoms with Gasteiger partial charge in [0.2, 0.25) is 11.8 Å². The highest BCUT2D eigenvalue weighted by Gasteiger charge is 2.35. The predicted molar refractivity (Wildman–Crippen MR) is 115 cm³/mol. The van der Waals surface area contributed by atoms with Crippen LogP contribution in [0.25, 0.3) is 0 Å². The Balaban J connectivity index is 0.00000225. The molecule has 5 nitrogen and oxygen atoms in total. The van der Waals surface area contributed by atoms with Gasteiger partial charge in [0.15, 0.2) is 0 Å². The number of anilines is 1. The molecule has 1 saturated heterocycles. The first-order valence-electron chi connectivity index (χ1n) is 9.17. The molecule has 0 bridgehead atoms. The molecule has 2 aromatic carbocycles. The molecule has 2 heterocycles. The fourth-order valence-corrected chi connectivity index (χ4v) is 4.09. The lowest BCUT2D eigenvalue weighted by molar-refractivity contribution is -0.126. The number of carbonyl (C=O) groups excluding carboxylic acids is 2. The first kappa shape index (κ1) is 20.7. The average Bonchev–Trinajstić information content (AvgIpc) is 3.32. The smallest absolute Gasteiger partial charge is 0.227 e. The van der Waals surface area contributed by atoms with E-state index in [0.717, 1.165) is 29.2 Å². The molecule has 2 aliphatic rings. The van der Waals surface area contributed by atoms with Crippen molar-refractivity contribution in [3.63, 3.8) is 0 Å². The highest BCUT2D eigenvalue weighted by atomic mass is 35.5. The van der Waals surface area contributed by atoms with Crippen molar-refractivity contribution in [1.82, 2.24) is 10.6 Å². The number of hydrogen-bond acceptors (Lipinski definition) is 4. The van der Waals surface area contributed by atoms with Crippen molar-refractivity contribution in [2.24, 2.45) is 5.92 Å². The van der Waals surface area contributed by atoms with Gasteiger partial charge < -0.3 is 15.5 Å². The Bertz CT molecular complexity index is 872. The summed E-state index contributed by atoms with van der Waals surface area (Å²) in [6, 6.07) is 14.2. The van der Waals surface area contributed by atoms with E-state index in [4.69, 9.17) is 0 Å². The van der Waals surface area contributed by atoms with Crippen molar-refractivity contribution in [3.05, 3.63) is 59.2 Å². The summed E-state index contributed by atoms with van der Waals surface area (Å²) >= 11 is 1.67. The maximum absolute atomic E-state index is 12.6. The van der Waals surface area contributed by atoms with Crippen LogP contribution in [0.3, 0.4) is 0 Å². The molecule has 2 aromatic rings. The quantitative estimate of drug-likeness (QED) is 0.734. The summed E-state index contributed by atoms with van der Waals surface area (Å²) < 4.78 is 0. The number of benzene rings is 2. The molecule has 1 fully saturated rings. The molecule has 0 saturated carbocycles. The van der Waals surface area contributed by atoms with E-state index in [1.54, 1.807) is 16.7 Å². The Morgan fingerprint density at radius 1 is 1.18 bits per heavy atom. The molecule has 0 aliphatic carbocycles. The monoisotopic (exact) mass is 417 g/mol. The minimum Gasteiger partial charge on any atom is -0.352 e. The molecular weight excluding hydrogens is 394 g/mol. The molecule has 28 heavy (non-hydrogen) atoms. The third-order valence-corrected chi connectivity index (χ3v) is 5.99. The second-order valence-corrected chi connectivity index (χ2v) is 7.91. The average molecular weight is 418 g/mol. The number of hydrogen-bond donors (Lipinski definition) is 2. The van der Waals surface area contributed by atoms with Crippen LogP contribution in [0.5, 0.6) is 0 Å². The van der Waals surface area contributed by atoms with E-state index in [-0.39, 0.29) is 36.6 Å². The molecule has 1 unspecified atom stereocenters. The Kier molecular flexibility index (Phi) is 6.65. The van der Waals surface area contributed by atoms with Crippen LogP contribution >= 0.6 is 24.2 Å². The van der Waals surface area contributed by atoms with Gasteiger partial charge in [-0.2, -0.15) is 0 Å².